The van der Waals surface area contributed by atoms with E-state index in [2.05, 4.69) is 9.44 Å². The maximum Gasteiger partial charge on any atom is 0.261 e. The molecule has 12 heteroatoms. The summed E-state index contributed by atoms with van der Waals surface area (Å²) in [5, 5.41) is 0.432. The molecule has 0 aromatic heterocycles. The maximum atomic E-state index is 13.2. The van der Waals surface area contributed by atoms with Gasteiger partial charge >= 0.3 is 0 Å². The van der Waals surface area contributed by atoms with Crippen LogP contribution in [-0.4, -0.2) is 47.0 Å². The van der Waals surface area contributed by atoms with Crippen molar-refractivity contribution in [3.8, 4) is 0 Å². The molecule has 0 aliphatic carbocycles. The molecule has 8 nitrogen and oxygen atoms in total. The average molecular weight is 594 g/mol. The Labute approximate surface area is 232 Å². The van der Waals surface area contributed by atoms with Gasteiger partial charge in [0.2, 0.25) is 0 Å². The molecule has 3 aromatic rings. The molecule has 1 aliphatic rings. The first-order chi connectivity index (χ1) is 18.0. The van der Waals surface area contributed by atoms with E-state index < -0.39 is 20.0 Å². The van der Waals surface area contributed by atoms with E-state index in [0.29, 0.717) is 39.8 Å². The predicted molar refractivity (Wildman–Crippen MR) is 152 cm³/mol. The summed E-state index contributed by atoms with van der Waals surface area (Å²) in [6, 6.07) is 14.8. The minimum Gasteiger partial charge on any atom is -0.339 e. The van der Waals surface area contributed by atoms with Gasteiger partial charge in [-0.05, 0) is 92.6 Å². The fraction of sp³-hybridized carbons (Fsp3) is 0.269. The van der Waals surface area contributed by atoms with Gasteiger partial charge < -0.3 is 4.90 Å². The molecule has 38 heavy (non-hydrogen) atoms. The fourth-order valence-corrected chi connectivity index (χ4v) is 7.08. The number of halogens is 1. The summed E-state index contributed by atoms with van der Waals surface area (Å²) in [4.78, 5) is 15.5. The zero-order valence-corrected chi connectivity index (χ0v) is 24.1. The first kappa shape index (κ1) is 28.3. The highest BCUT2D eigenvalue weighted by Gasteiger charge is 2.24. The Kier molecular flexibility index (Phi) is 8.61. The standard InChI is InChI=1S/C26H28ClN3O5S3/c1-18-23(27)7-6-8-24(18)29-37(32,33)20-11-9-19(10-12-20)28-38(34,35)21-13-14-25(36-2)22(17-21)26(31)30-15-4-3-5-16-30/h6-14,17,28-29H,3-5,15-16H2,1-2H3. The zero-order valence-electron chi connectivity index (χ0n) is 20.9. The van der Waals surface area contributed by atoms with Gasteiger partial charge in [0.15, 0.2) is 0 Å². The van der Waals surface area contributed by atoms with Crippen molar-refractivity contribution in [2.75, 3.05) is 28.8 Å². The smallest absolute Gasteiger partial charge is 0.261 e. The van der Waals surface area contributed by atoms with Crippen LogP contribution in [0.5, 0.6) is 0 Å². The molecule has 0 saturated carbocycles. The van der Waals surface area contributed by atoms with Gasteiger partial charge in [-0.1, -0.05) is 17.7 Å². The Morgan fingerprint density at radius 2 is 1.50 bits per heavy atom. The Hall–Kier alpha value is -2.73. The van der Waals surface area contributed by atoms with Gasteiger partial charge in [0.1, 0.15) is 0 Å². The first-order valence-electron chi connectivity index (χ1n) is 11.9. The lowest BCUT2D eigenvalue weighted by atomic mass is 10.1. The van der Waals surface area contributed by atoms with Crippen LogP contribution in [-0.2, 0) is 20.0 Å². The van der Waals surface area contributed by atoms with Crippen LogP contribution in [0.3, 0.4) is 0 Å². The molecular weight excluding hydrogens is 566 g/mol. The van der Waals surface area contributed by atoms with Crippen molar-refractivity contribution < 1.29 is 21.6 Å². The zero-order chi connectivity index (χ0) is 27.5. The quantitative estimate of drug-likeness (QED) is 0.329. The Balaban J connectivity index is 1.54. The molecule has 1 fully saturated rings. The number of thioether (sulfide) groups is 1. The number of nitrogens with zero attached hydrogens (tertiary/aromatic N) is 1. The molecule has 202 valence electrons. The van der Waals surface area contributed by atoms with Gasteiger partial charge in [-0.25, -0.2) is 16.8 Å². The van der Waals surface area contributed by atoms with Crippen LogP contribution < -0.4 is 9.44 Å². The van der Waals surface area contributed by atoms with Crippen molar-refractivity contribution in [3.63, 3.8) is 0 Å². The van der Waals surface area contributed by atoms with Crippen molar-refractivity contribution in [2.24, 2.45) is 0 Å². The molecule has 1 saturated heterocycles. The number of carbonyl (C=O) groups is 1. The van der Waals surface area contributed by atoms with Gasteiger partial charge in [-0.15, -0.1) is 11.8 Å². The Morgan fingerprint density at radius 3 is 2.16 bits per heavy atom. The molecule has 0 bridgehead atoms. The highest BCUT2D eigenvalue weighted by Crippen LogP contribution is 2.29. The van der Waals surface area contributed by atoms with Crippen LogP contribution in [0.4, 0.5) is 11.4 Å². The van der Waals surface area contributed by atoms with E-state index >= 15 is 0 Å². The largest absolute Gasteiger partial charge is 0.339 e. The molecule has 2 N–H and O–H groups in total. The van der Waals surface area contributed by atoms with E-state index in [4.69, 9.17) is 11.6 Å². The summed E-state index contributed by atoms with van der Waals surface area (Å²) in [6.45, 7) is 3.01. The number of nitrogens with one attached hydrogen (secondary N) is 2. The predicted octanol–water partition coefficient (Wildman–Crippen LogP) is 5.60. The third kappa shape index (κ3) is 6.28. The van der Waals surface area contributed by atoms with Crippen LogP contribution in [0.15, 0.2) is 75.4 Å². The summed E-state index contributed by atoms with van der Waals surface area (Å²) < 4.78 is 57.0. The molecule has 0 radical (unpaired) electrons. The third-order valence-electron chi connectivity index (χ3n) is 6.28. The lowest BCUT2D eigenvalue weighted by molar-refractivity contribution is 0.0720. The molecule has 1 amide bonds. The fourth-order valence-electron chi connectivity index (χ4n) is 4.13. The van der Waals surface area contributed by atoms with Crippen LogP contribution in [0.1, 0.15) is 35.2 Å². The van der Waals surface area contributed by atoms with Gasteiger partial charge in [-0.3, -0.25) is 14.2 Å². The SMILES string of the molecule is CSc1ccc(S(=O)(=O)Nc2ccc(S(=O)(=O)Nc3cccc(Cl)c3C)cc2)cc1C(=O)N1CCCCC1. The number of benzene rings is 3. The molecule has 1 heterocycles. The van der Waals surface area contributed by atoms with E-state index in [1.165, 1.54) is 48.2 Å². The summed E-state index contributed by atoms with van der Waals surface area (Å²) in [7, 11) is -7.97. The summed E-state index contributed by atoms with van der Waals surface area (Å²) in [6.07, 6.45) is 4.78. The summed E-state index contributed by atoms with van der Waals surface area (Å²) in [5.74, 6) is -0.178. The number of hydrogen-bond acceptors (Lipinski definition) is 6. The molecule has 0 spiro atoms. The van der Waals surface area contributed by atoms with Crippen molar-refractivity contribution in [1.82, 2.24) is 4.90 Å². The van der Waals surface area contributed by atoms with Crippen molar-refractivity contribution in [3.05, 3.63) is 76.8 Å². The molecular formula is C26H28ClN3O5S3. The first-order valence-corrected chi connectivity index (χ1v) is 16.5. The van der Waals surface area contributed by atoms with Gasteiger partial charge in [-0.2, -0.15) is 0 Å². The number of sulfonamides is 2. The van der Waals surface area contributed by atoms with E-state index in [-0.39, 0.29) is 21.4 Å². The lowest BCUT2D eigenvalue weighted by Gasteiger charge is -2.27. The minimum absolute atomic E-state index is 0.0430. The normalized spacial score (nSPS) is 14.2. The Bertz CT molecular complexity index is 1550. The average Bonchev–Trinajstić information content (AvgIpc) is 2.91. The van der Waals surface area contributed by atoms with Crippen molar-refractivity contribution in [1.29, 1.82) is 0 Å². The highest BCUT2D eigenvalue weighted by atomic mass is 35.5. The number of amides is 1. The Morgan fingerprint density at radius 1 is 0.868 bits per heavy atom. The minimum atomic E-state index is -4.04. The summed E-state index contributed by atoms with van der Waals surface area (Å²) in [5.41, 5.74) is 1.48. The van der Waals surface area contributed by atoms with E-state index in [9.17, 15) is 21.6 Å². The van der Waals surface area contributed by atoms with Crippen LogP contribution in [0, 0.1) is 6.92 Å². The monoisotopic (exact) mass is 593 g/mol. The van der Waals surface area contributed by atoms with E-state index in [0.717, 1.165) is 19.3 Å². The van der Waals surface area contributed by atoms with E-state index in [1.807, 2.05) is 6.26 Å². The molecule has 4 rings (SSSR count). The van der Waals surface area contributed by atoms with Crippen LogP contribution in [0.25, 0.3) is 0 Å². The van der Waals surface area contributed by atoms with Crippen LogP contribution in [0.2, 0.25) is 5.02 Å². The highest BCUT2D eigenvalue weighted by molar-refractivity contribution is 7.98. The number of carbonyl (C=O) groups excluding carboxylic acids is 1. The second-order valence-electron chi connectivity index (χ2n) is 8.86. The van der Waals surface area contributed by atoms with Gasteiger partial charge in [0.05, 0.1) is 21.0 Å². The number of piperidine rings is 1. The van der Waals surface area contributed by atoms with Gasteiger partial charge in [0, 0.05) is 28.7 Å². The van der Waals surface area contributed by atoms with Gasteiger partial charge in [0.25, 0.3) is 26.0 Å². The molecule has 0 atom stereocenters. The number of anilines is 2. The second kappa shape index (κ2) is 11.6. The van der Waals surface area contributed by atoms with Crippen molar-refractivity contribution >= 4 is 60.7 Å². The third-order valence-corrected chi connectivity index (χ3v) is 10.2. The van der Waals surface area contributed by atoms with E-state index in [1.54, 1.807) is 36.1 Å². The molecule has 0 unspecified atom stereocenters. The topological polar surface area (TPSA) is 113 Å². The second-order valence-corrected chi connectivity index (χ2v) is 13.5. The molecule has 1 aliphatic heterocycles. The number of rotatable bonds is 8. The van der Waals surface area contributed by atoms with Crippen LogP contribution >= 0.6 is 23.4 Å². The summed E-state index contributed by atoms with van der Waals surface area (Å²) >= 11 is 7.47. The lowest BCUT2D eigenvalue weighted by Crippen LogP contribution is -2.36. The van der Waals surface area contributed by atoms with Crippen molar-refractivity contribution in [2.45, 2.75) is 40.9 Å². The molecule has 3 aromatic carbocycles. The number of likely N-dealkylation sites (tertiary alicyclic amines) is 1. The number of hydrogen-bond donors (Lipinski definition) is 2. The maximum absolute atomic E-state index is 13.2.